The van der Waals surface area contributed by atoms with E-state index in [-0.39, 0.29) is 10.8 Å². The van der Waals surface area contributed by atoms with E-state index >= 15 is 0 Å². The molecule has 1 unspecified atom stereocenters. The van der Waals surface area contributed by atoms with Gasteiger partial charge in [-0.2, -0.15) is 0 Å². The number of benzene rings is 4. The third-order valence-corrected chi connectivity index (χ3v) is 7.70. The molecule has 0 N–H and O–H groups in total. The van der Waals surface area contributed by atoms with Gasteiger partial charge in [-0.1, -0.05) is 103 Å². The lowest BCUT2D eigenvalue weighted by Gasteiger charge is -2.32. The summed E-state index contributed by atoms with van der Waals surface area (Å²) in [6.45, 7) is 6.86. The molecule has 2 heteroatoms. The third-order valence-electron chi connectivity index (χ3n) is 6.97. The maximum absolute atomic E-state index is 6.61. The fourth-order valence-electron chi connectivity index (χ4n) is 5.59. The molecule has 0 amide bonds. The Labute approximate surface area is 197 Å². The molecule has 0 saturated carbocycles. The van der Waals surface area contributed by atoms with Crippen molar-refractivity contribution in [2.45, 2.75) is 31.6 Å². The van der Waals surface area contributed by atoms with Gasteiger partial charge < -0.3 is 0 Å². The Balaban J connectivity index is 1.84. The first-order chi connectivity index (χ1) is 14.8. The molecule has 0 radical (unpaired) electrons. The van der Waals surface area contributed by atoms with Crippen LogP contribution in [0.5, 0.6) is 0 Å². The van der Waals surface area contributed by atoms with Crippen LogP contribution in [-0.2, 0) is 10.8 Å². The highest BCUT2D eigenvalue weighted by Crippen LogP contribution is 2.63. The standard InChI is InChI=1S/C29H22BrCl/c1-28(2,3)17-8-11-21-22-12-9-18(30)15-26(22)29(25(21)14-17)24-7-5-4-6-20(24)23-13-10-19(31)16-27(23)29/h4-16H,1-3H3. The average Bonchev–Trinajstić information content (AvgIpc) is 3.19. The van der Waals surface area contributed by atoms with Gasteiger partial charge >= 0.3 is 0 Å². The van der Waals surface area contributed by atoms with Crippen LogP contribution in [0.4, 0.5) is 0 Å². The molecule has 0 saturated heterocycles. The molecule has 2 aliphatic carbocycles. The van der Waals surface area contributed by atoms with Gasteiger partial charge in [0.1, 0.15) is 0 Å². The predicted octanol–water partition coefficient (Wildman–Crippen LogP) is 8.74. The Morgan fingerprint density at radius 3 is 1.97 bits per heavy atom. The van der Waals surface area contributed by atoms with Crippen molar-refractivity contribution in [3.8, 4) is 22.3 Å². The second-order valence-corrected chi connectivity index (χ2v) is 11.0. The first-order valence-corrected chi connectivity index (χ1v) is 11.8. The van der Waals surface area contributed by atoms with Gasteiger partial charge in [-0.3, -0.25) is 0 Å². The number of rotatable bonds is 0. The highest BCUT2D eigenvalue weighted by atomic mass is 79.9. The van der Waals surface area contributed by atoms with Gasteiger partial charge in [0.15, 0.2) is 0 Å². The van der Waals surface area contributed by atoms with E-state index < -0.39 is 0 Å². The number of fused-ring (bicyclic) bond motifs is 10. The van der Waals surface area contributed by atoms with E-state index in [2.05, 4.69) is 109 Å². The fourth-order valence-corrected chi connectivity index (χ4v) is 6.13. The molecular formula is C29H22BrCl. The normalized spacial score (nSPS) is 18.0. The van der Waals surface area contributed by atoms with Crippen molar-refractivity contribution in [1.82, 2.24) is 0 Å². The summed E-state index contributed by atoms with van der Waals surface area (Å²) in [5.74, 6) is 0. The molecule has 31 heavy (non-hydrogen) atoms. The highest BCUT2D eigenvalue weighted by molar-refractivity contribution is 9.10. The third kappa shape index (κ3) is 2.48. The minimum absolute atomic E-state index is 0.0703. The van der Waals surface area contributed by atoms with Crippen LogP contribution >= 0.6 is 27.5 Å². The van der Waals surface area contributed by atoms with Crippen molar-refractivity contribution in [3.63, 3.8) is 0 Å². The van der Waals surface area contributed by atoms with E-state index in [1.165, 1.54) is 50.1 Å². The van der Waals surface area contributed by atoms with Gasteiger partial charge in [-0.25, -0.2) is 0 Å². The minimum Gasteiger partial charge on any atom is -0.0843 e. The zero-order valence-electron chi connectivity index (χ0n) is 17.8. The summed E-state index contributed by atoms with van der Waals surface area (Å²) in [6, 6.07) is 29.0. The monoisotopic (exact) mass is 484 g/mol. The molecule has 0 aliphatic heterocycles. The smallest absolute Gasteiger partial charge is 0.0726 e. The summed E-state index contributed by atoms with van der Waals surface area (Å²) in [7, 11) is 0. The van der Waals surface area contributed by atoms with Crippen molar-refractivity contribution in [2.75, 3.05) is 0 Å². The van der Waals surface area contributed by atoms with Gasteiger partial charge in [-0.15, -0.1) is 0 Å². The summed E-state index contributed by atoms with van der Waals surface area (Å²) < 4.78 is 1.10. The van der Waals surface area contributed by atoms with Crippen LogP contribution < -0.4 is 0 Å². The van der Waals surface area contributed by atoms with E-state index in [1.807, 2.05) is 6.07 Å². The summed E-state index contributed by atoms with van der Waals surface area (Å²) in [5.41, 5.74) is 11.6. The van der Waals surface area contributed by atoms with Crippen molar-refractivity contribution in [3.05, 3.63) is 116 Å². The number of hydrogen-bond acceptors (Lipinski definition) is 0. The zero-order valence-corrected chi connectivity index (χ0v) is 20.1. The van der Waals surface area contributed by atoms with Crippen molar-refractivity contribution >= 4 is 27.5 Å². The van der Waals surface area contributed by atoms with Crippen LogP contribution in [0.25, 0.3) is 22.3 Å². The molecular weight excluding hydrogens is 464 g/mol. The molecule has 1 spiro atoms. The molecule has 1 atom stereocenters. The first kappa shape index (κ1) is 19.3. The lowest BCUT2D eigenvalue weighted by atomic mass is 9.69. The largest absolute Gasteiger partial charge is 0.0843 e. The van der Waals surface area contributed by atoms with Crippen molar-refractivity contribution in [2.24, 2.45) is 0 Å². The SMILES string of the molecule is CC(C)(C)c1ccc2c(c1)C1(c3ccccc3-c3ccc(Cl)cc31)c1cc(Br)ccc1-2. The molecule has 0 aromatic heterocycles. The molecule has 4 aromatic carbocycles. The van der Waals surface area contributed by atoms with Crippen LogP contribution in [0.15, 0.2) is 83.3 Å². The molecule has 0 fully saturated rings. The topological polar surface area (TPSA) is 0 Å². The summed E-state index contributed by atoms with van der Waals surface area (Å²) in [4.78, 5) is 0. The highest BCUT2D eigenvalue weighted by Gasteiger charge is 2.52. The van der Waals surface area contributed by atoms with E-state index in [0.29, 0.717) is 0 Å². The molecule has 2 aliphatic rings. The number of hydrogen-bond donors (Lipinski definition) is 0. The van der Waals surface area contributed by atoms with Crippen LogP contribution in [0.3, 0.4) is 0 Å². The molecule has 4 aromatic rings. The van der Waals surface area contributed by atoms with E-state index in [0.717, 1.165) is 9.50 Å². The quantitative estimate of drug-likeness (QED) is 0.202. The van der Waals surface area contributed by atoms with Crippen LogP contribution in [-0.4, -0.2) is 0 Å². The van der Waals surface area contributed by atoms with Gasteiger partial charge in [0.25, 0.3) is 0 Å². The molecule has 6 rings (SSSR count). The molecule has 0 nitrogen and oxygen atoms in total. The van der Waals surface area contributed by atoms with E-state index in [1.54, 1.807) is 0 Å². The second-order valence-electron chi connectivity index (χ2n) is 9.69. The maximum atomic E-state index is 6.61. The fraction of sp³-hybridized carbons (Fsp3) is 0.172. The van der Waals surface area contributed by atoms with Gasteiger partial charge in [0.2, 0.25) is 0 Å². The van der Waals surface area contributed by atoms with Crippen molar-refractivity contribution in [1.29, 1.82) is 0 Å². The maximum Gasteiger partial charge on any atom is 0.0726 e. The van der Waals surface area contributed by atoms with Crippen molar-refractivity contribution < 1.29 is 0 Å². The average molecular weight is 486 g/mol. The Morgan fingerprint density at radius 1 is 0.645 bits per heavy atom. The Bertz CT molecular complexity index is 1380. The van der Waals surface area contributed by atoms with Gasteiger partial charge in [0, 0.05) is 9.50 Å². The summed E-state index contributed by atoms with van der Waals surface area (Å²) in [5, 5.41) is 0.780. The summed E-state index contributed by atoms with van der Waals surface area (Å²) >= 11 is 10.4. The molecule has 152 valence electrons. The summed E-state index contributed by atoms with van der Waals surface area (Å²) in [6.07, 6.45) is 0. The first-order valence-electron chi connectivity index (χ1n) is 10.7. The zero-order chi connectivity index (χ0) is 21.5. The van der Waals surface area contributed by atoms with E-state index in [4.69, 9.17) is 11.6 Å². The van der Waals surface area contributed by atoms with Crippen LogP contribution in [0.1, 0.15) is 48.6 Å². The Kier molecular flexibility index (Phi) is 3.96. The Hall–Kier alpha value is -2.35. The Morgan fingerprint density at radius 2 is 1.23 bits per heavy atom. The van der Waals surface area contributed by atoms with Crippen LogP contribution in [0.2, 0.25) is 5.02 Å². The number of halogens is 2. The lowest BCUT2D eigenvalue weighted by molar-refractivity contribution is 0.588. The second kappa shape index (κ2) is 6.34. The van der Waals surface area contributed by atoms with Gasteiger partial charge in [0.05, 0.1) is 5.41 Å². The lowest BCUT2D eigenvalue weighted by Crippen LogP contribution is -2.26. The van der Waals surface area contributed by atoms with Crippen LogP contribution in [0, 0.1) is 0 Å². The van der Waals surface area contributed by atoms with E-state index in [9.17, 15) is 0 Å². The molecule has 0 bridgehead atoms. The minimum atomic E-state index is -0.355. The van der Waals surface area contributed by atoms with Gasteiger partial charge in [-0.05, 0) is 79.8 Å². The predicted molar refractivity (Wildman–Crippen MR) is 134 cm³/mol. The molecule has 0 heterocycles.